The average molecular weight is 343 g/mol. The monoisotopic (exact) mass is 343 g/mol. The number of carbonyl (C=O) groups is 1. The van der Waals surface area contributed by atoms with Crippen LogP contribution in [0.5, 0.6) is 5.75 Å². The number of methoxy groups -OCH3 is 1. The Morgan fingerprint density at radius 3 is 2.84 bits per heavy atom. The summed E-state index contributed by atoms with van der Waals surface area (Å²) in [5.41, 5.74) is 1.10. The zero-order chi connectivity index (χ0) is 18.2. The average Bonchev–Trinajstić information content (AvgIpc) is 2.82. The summed E-state index contributed by atoms with van der Waals surface area (Å²) in [6.07, 6.45) is 2.75. The van der Waals surface area contributed by atoms with Gasteiger partial charge in [0.25, 0.3) is 0 Å². The van der Waals surface area contributed by atoms with Crippen molar-refractivity contribution >= 4 is 11.9 Å². The molecule has 0 fully saturated rings. The first kappa shape index (κ1) is 17.2. The standard InChI is InChI=1S/C19H21NO5/c1-19(2)9-15(21)18-14(11-20(22)23)16(25-17(18)10-19)8-12-5-4-6-13(7-12)24-3/h4-8,14H,9-11H2,1-3H3/b16-8-/t14-/m1/s1. The van der Waals surface area contributed by atoms with Crippen molar-refractivity contribution in [1.29, 1.82) is 0 Å². The van der Waals surface area contributed by atoms with Crippen molar-refractivity contribution in [2.24, 2.45) is 11.3 Å². The molecule has 1 aliphatic heterocycles. The summed E-state index contributed by atoms with van der Waals surface area (Å²) in [6, 6.07) is 7.35. The van der Waals surface area contributed by atoms with Crippen molar-refractivity contribution in [3.63, 3.8) is 0 Å². The van der Waals surface area contributed by atoms with Gasteiger partial charge < -0.3 is 9.47 Å². The van der Waals surface area contributed by atoms with Crippen LogP contribution >= 0.6 is 0 Å². The van der Waals surface area contributed by atoms with Gasteiger partial charge in [0.1, 0.15) is 23.2 Å². The van der Waals surface area contributed by atoms with Crippen LogP contribution in [0, 0.1) is 21.4 Å². The third-order valence-corrected chi connectivity index (χ3v) is 4.55. The van der Waals surface area contributed by atoms with Gasteiger partial charge in [-0.15, -0.1) is 0 Å². The first-order valence-electron chi connectivity index (χ1n) is 8.20. The van der Waals surface area contributed by atoms with Crippen molar-refractivity contribution < 1.29 is 19.2 Å². The van der Waals surface area contributed by atoms with Gasteiger partial charge in [0.2, 0.25) is 6.54 Å². The molecule has 1 aliphatic carbocycles. The van der Waals surface area contributed by atoms with Crippen LogP contribution in [0.1, 0.15) is 32.3 Å². The van der Waals surface area contributed by atoms with E-state index >= 15 is 0 Å². The van der Waals surface area contributed by atoms with Crippen molar-refractivity contribution in [2.75, 3.05) is 13.7 Å². The van der Waals surface area contributed by atoms with E-state index in [2.05, 4.69) is 0 Å². The normalized spacial score (nSPS) is 23.4. The van der Waals surface area contributed by atoms with Crippen LogP contribution in [-0.2, 0) is 9.53 Å². The SMILES string of the molecule is COc1cccc(/C=C2\OC3=C(C(=O)CC(C)(C)C3)[C@@H]2C[N+](=O)[O-])c1. The Hall–Kier alpha value is -2.63. The lowest BCUT2D eigenvalue weighted by Gasteiger charge is -2.28. The summed E-state index contributed by atoms with van der Waals surface area (Å²) in [5, 5.41) is 11.1. The number of benzene rings is 1. The van der Waals surface area contributed by atoms with E-state index in [0.29, 0.717) is 35.7 Å². The van der Waals surface area contributed by atoms with Gasteiger partial charge in [0, 0.05) is 17.8 Å². The highest BCUT2D eigenvalue weighted by Gasteiger charge is 2.45. The molecule has 0 aromatic heterocycles. The van der Waals surface area contributed by atoms with Crippen LogP contribution in [0.15, 0.2) is 41.4 Å². The molecule has 1 aromatic rings. The molecule has 0 saturated carbocycles. The minimum absolute atomic E-state index is 0.0489. The second-order valence-electron chi connectivity index (χ2n) is 7.27. The molecular weight excluding hydrogens is 322 g/mol. The minimum Gasteiger partial charge on any atom is -0.497 e. The molecule has 6 heteroatoms. The number of carbonyl (C=O) groups excluding carboxylic acids is 1. The molecule has 0 radical (unpaired) electrons. The van der Waals surface area contributed by atoms with Gasteiger partial charge >= 0.3 is 0 Å². The highest BCUT2D eigenvalue weighted by molar-refractivity contribution is 5.99. The summed E-state index contributed by atoms with van der Waals surface area (Å²) in [6.45, 7) is 3.66. The van der Waals surface area contributed by atoms with Crippen molar-refractivity contribution in [3.8, 4) is 5.75 Å². The molecule has 25 heavy (non-hydrogen) atoms. The number of allylic oxidation sites excluding steroid dienone is 1. The maximum Gasteiger partial charge on any atom is 0.218 e. The van der Waals surface area contributed by atoms with Crippen LogP contribution in [0.25, 0.3) is 6.08 Å². The number of nitro groups is 1. The molecule has 0 bridgehead atoms. The second-order valence-corrected chi connectivity index (χ2v) is 7.27. The fourth-order valence-corrected chi connectivity index (χ4v) is 3.47. The van der Waals surface area contributed by atoms with Gasteiger partial charge in [0.05, 0.1) is 12.7 Å². The van der Waals surface area contributed by atoms with Crippen LogP contribution in [0.3, 0.4) is 0 Å². The van der Waals surface area contributed by atoms with E-state index in [0.717, 1.165) is 5.56 Å². The van der Waals surface area contributed by atoms with Crippen molar-refractivity contribution in [3.05, 3.63) is 57.0 Å². The number of hydrogen-bond donors (Lipinski definition) is 0. The van der Waals surface area contributed by atoms with Gasteiger partial charge in [-0.1, -0.05) is 26.0 Å². The van der Waals surface area contributed by atoms with Gasteiger partial charge in [-0.25, -0.2) is 0 Å². The fourth-order valence-electron chi connectivity index (χ4n) is 3.47. The highest BCUT2D eigenvalue weighted by atomic mass is 16.6. The quantitative estimate of drug-likeness (QED) is 0.616. The van der Waals surface area contributed by atoms with E-state index < -0.39 is 10.8 Å². The van der Waals surface area contributed by atoms with E-state index in [1.165, 1.54) is 0 Å². The van der Waals surface area contributed by atoms with Crippen LogP contribution in [-0.4, -0.2) is 24.4 Å². The molecule has 0 saturated heterocycles. The topological polar surface area (TPSA) is 78.7 Å². The van der Waals surface area contributed by atoms with Crippen molar-refractivity contribution in [2.45, 2.75) is 26.7 Å². The molecule has 1 aromatic carbocycles. The predicted octanol–water partition coefficient (Wildman–Crippen LogP) is 3.60. The molecular formula is C19H21NO5. The summed E-state index contributed by atoms with van der Waals surface area (Å²) < 4.78 is 11.1. The number of ether oxygens (including phenoxy) is 2. The molecule has 1 heterocycles. The van der Waals surface area contributed by atoms with Crippen LogP contribution in [0.2, 0.25) is 0 Å². The molecule has 0 spiro atoms. The Kier molecular flexibility index (Phi) is 4.37. The van der Waals surface area contributed by atoms with E-state index in [9.17, 15) is 14.9 Å². The Morgan fingerprint density at radius 2 is 2.16 bits per heavy atom. The Bertz CT molecular complexity index is 791. The number of rotatable bonds is 4. The number of ketones is 1. The lowest BCUT2D eigenvalue weighted by molar-refractivity contribution is -0.484. The van der Waals surface area contributed by atoms with Gasteiger partial charge in [-0.05, 0) is 29.2 Å². The first-order valence-corrected chi connectivity index (χ1v) is 8.20. The van der Waals surface area contributed by atoms with Crippen molar-refractivity contribution in [1.82, 2.24) is 0 Å². The number of Topliss-reactive ketones (excluding diaryl/α,β-unsaturated/α-hetero) is 1. The fraction of sp³-hybridized carbons (Fsp3) is 0.421. The Labute approximate surface area is 146 Å². The molecule has 132 valence electrons. The molecule has 0 unspecified atom stereocenters. The Balaban J connectivity index is 1.99. The maximum atomic E-state index is 12.6. The lowest BCUT2D eigenvalue weighted by atomic mass is 9.74. The van der Waals surface area contributed by atoms with Gasteiger partial charge in [0.15, 0.2) is 5.78 Å². The van der Waals surface area contributed by atoms with Gasteiger partial charge in [-0.2, -0.15) is 0 Å². The summed E-state index contributed by atoms with van der Waals surface area (Å²) in [7, 11) is 1.58. The molecule has 0 amide bonds. The maximum absolute atomic E-state index is 12.6. The molecule has 2 aliphatic rings. The van der Waals surface area contributed by atoms with E-state index in [1.54, 1.807) is 13.2 Å². The van der Waals surface area contributed by atoms with E-state index in [1.807, 2.05) is 38.1 Å². The predicted molar refractivity (Wildman–Crippen MR) is 92.5 cm³/mol. The van der Waals surface area contributed by atoms with E-state index in [4.69, 9.17) is 9.47 Å². The molecule has 0 N–H and O–H groups in total. The zero-order valence-corrected chi connectivity index (χ0v) is 14.6. The third kappa shape index (κ3) is 3.57. The summed E-state index contributed by atoms with van der Waals surface area (Å²) in [5.74, 6) is 1.06. The van der Waals surface area contributed by atoms with Gasteiger partial charge in [-0.3, -0.25) is 14.9 Å². The summed E-state index contributed by atoms with van der Waals surface area (Å²) in [4.78, 5) is 23.3. The van der Waals surface area contributed by atoms with Crippen LogP contribution in [0.4, 0.5) is 0 Å². The summed E-state index contributed by atoms with van der Waals surface area (Å²) >= 11 is 0. The molecule has 1 atom stereocenters. The zero-order valence-electron chi connectivity index (χ0n) is 14.6. The molecule has 3 rings (SSSR count). The lowest BCUT2D eigenvalue weighted by Crippen LogP contribution is -2.28. The third-order valence-electron chi connectivity index (χ3n) is 4.55. The molecule has 6 nitrogen and oxygen atoms in total. The second kappa shape index (κ2) is 6.35. The largest absolute Gasteiger partial charge is 0.497 e. The minimum atomic E-state index is -0.625. The first-order chi connectivity index (χ1) is 11.8. The number of nitrogens with zero attached hydrogens (tertiary/aromatic N) is 1. The highest BCUT2D eigenvalue weighted by Crippen LogP contribution is 2.47. The smallest absolute Gasteiger partial charge is 0.218 e. The van der Waals surface area contributed by atoms with Crippen LogP contribution < -0.4 is 4.74 Å². The van der Waals surface area contributed by atoms with E-state index in [-0.39, 0.29) is 17.7 Å². The number of hydrogen-bond acceptors (Lipinski definition) is 5. The Morgan fingerprint density at radius 1 is 1.40 bits per heavy atom.